The van der Waals surface area contributed by atoms with Crippen LogP contribution in [-0.2, 0) is 0 Å². The van der Waals surface area contributed by atoms with Crippen molar-refractivity contribution in [3.8, 4) is 0 Å². The van der Waals surface area contributed by atoms with E-state index in [4.69, 9.17) is 5.84 Å². The molecule has 0 fully saturated rings. The number of benzene rings is 1. The summed E-state index contributed by atoms with van der Waals surface area (Å²) in [6.45, 7) is 1.74. The predicted octanol–water partition coefficient (Wildman–Crippen LogP) is 4.27. The summed E-state index contributed by atoms with van der Waals surface area (Å²) in [6, 6.07) is 6.91. The van der Waals surface area contributed by atoms with Gasteiger partial charge < -0.3 is 0 Å². The number of rotatable bonds is 3. The van der Waals surface area contributed by atoms with Gasteiger partial charge in [0.25, 0.3) is 0 Å². The van der Waals surface area contributed by atoms with Gasteiger partial charge in [-0.25, -0.2) is 9.82 Å². The molecule has 1 atom stereocenters. The van der Waals surface area contributed by atoms with Crippen LogP contribution in [0, 0.1) is 12.7 Å². The molecule has 2 aromatic rings. The highest BCUT2D eigenvalue weighted by Gasteiger charge is 2.17. The molecule has 0 saturated heterocycles. The van der Waals surface area contributed by atoms with E-state index in [2.05, 4.69) is 37.3 Å². The Morgan fingerprint density at radius 3 is 2.56 bits per heavy atom. The third-order valence-electron chi connectivity index (χ3n) is 2.64. The van der Waals surface area contributed by atoms with Crippen molar-refractivity contribution in [2.24, 2.45) is 5.84 Å². The maximum Gasteiger partial charge on any atom is 0.126 e. The Balaban J connectivity index is 2.41. The van der Waals surface area contributed by atoms with Crippen molar-refractivity contribution in [2.75, 3.05) is 0 Å². The monoisotopic (exact) mass is 392 g/mol. The molecule has 0 aliphatic heterocycles. The van der Waals surface area contributed by atoms with Crippen LogP contribution in [0.4, 0.5) is 4.39 Å². The summed E-state index contributed by atoms with van der Waals surface area (Å²) in [6.07, 6.45) is 0. The van der Waals surface area contributed by atoms with Gasteiger partial charge in [0.05, 0.1) is 9.83 Å². The number of hydrazine groups is 1. The lowest BCUT2D eigenvalue weighted by molar-refractivity contribution is 0.601. The summed E-state index contributed by atoms with van der Waals surface area (Å²) in [4.78, 5) is 1.01. The highest BCUT2D eigenvalue weighted by Crippen LogP contribution is 2.37. The Kier molecular flexibility index (Phi) is 4.55. The van der Waals surface area contributed by atoms with Crippen molar-refractivity contribution >= 4 is 43.2 Å². The SMILES string of the molecule is Cc1ccc(C(NN)c2cc(Br)c(Br)s2)cc1F. The van der Waals surface area contributed by atoms with Crippen LogP contribution >= 0.6 is 43.2 Å². The largest absolute Gasteiger partial charge is 0.271 e. The van der Waals surface area contributed by atoms with Gasteiger partial charge in [0.2, 0.25) is 0 Å². The van der Waals surface area contributed by atoms with Crippen molar-refractivity contribution in [3.63, 3.8) is 0 Å². The van der Waals surface area contributed by atoms with E-state index in [0.29, 0.717) is 5.56 Å². The van der Waals surface area contributed by atoms with E-state index in [1.165, 1.54) is 6.07 Å². The number of thiophene rings is 1. The van der Waals surface area contributed by atoms with Crippen LogP contribution in [0.15, 0.2) is 32.5 Å². The third kappa shape index (κ3) is 2.83. The Bertz CT molecular complexity index is 552. The quantitative estimate of drug-likeness (QED) is 0.603. The van der Waals surface area contributed by atoms with E-state index >= 15 is 0 Å². The Labute approximate surface area is 126 Å². The lowest BCUT2D eigenvalue weighted by Gasteiger charge is -2.15. The van der Waals surface area contributed by atoms with E-state index in [1.807, 2.05) is 12.1 Å². The molecule has 96 valence electrons. The Morgan fingerprint density at radius 2 is 2.06 bits per heavy atom. The topological polar surface area (TPSA) is 38.0 Å². The lowest BCUT2D eigenvalue weighted by Crippen LogP contribution is -2.28. The van der Waals surface area contributed by atoms with Gasteiger partial charge in [-0.3, -0.25) is 5.84 Å². The van der Waals surface area contributed by atoms with Crippen LogP contribution in [0.1, 0.15) is 22.0 Å². The molecule has 0 bridgehead atoms. The average Bonchev–Trinajstić information content (AvgIpc) is 2.65. The fraction of sp³-hybridized carbons (Fsp3) is 0.167. The van der Waals surface area contributed by atoms with Gasteiger partial charge in [-0.15, -0.1) is 11.3 Å². The fourth-order valence-electron chi connectivity index (χ4n) is 1.64. The number of nitrogens with one attached hydrogen (secondary N) is 1. The van der Waals surface area contributed by atoms with Crippen LogP contribution < -0.4 is 11.3 Å². The van der Waals surface area contributed by atoms with E-state index in [-0.39, 0.29) is 11.9 Å². The molecule has 0 aliphatic rings. The molecule has 3 N–H and O–H groups in total. The number of hydrogen-bond donors (Lipinski definition) is 2. The van der Waals surface area contributed by atoms with Crippen LogP contribution in [0.2, 0.25) is 0 Å². The highest BCUT2D eigenvalue weighted by atomic mass is 79.9. The minimum atomic E-state index is -0.220. The summed E-state index contributed by atoms with van der Waals surface area (Å²) >= 11 is 8.43. The molecule has 0 radical (unpaired) electrons. The van der Waals surface area contributed by atoms with Gasteiger partial charge in [-0.1, -0.05) is 12.1 Å². The second-order valence-electron chi connectivity index (χ2n) is 3.88. The third-order valence-corrected chi connectivity index (χ3v) is 5.97. The summed E-state index contributed by atoms with van der Waals surface area (Å²) in [5.74, 6) is 5.37. The smallest absolute Gasteiger partial charge is 0.126 e. The summed E-state index contributed by atoms with van der Waals surface area (Å²) in [5, 5.41) is 0. The summed E-state index contributed by atoms with van der Waals surface area (Å²) in [5.41, 5.74) is 4.16. The first-order valence-corrected chi connectivity index (χ1v) is 7.60. The van der Waals surface area contributed by atoms with Crippen molar-refractivity contribution in [2.45, 2.75) is 13.0 Å². The van der Waals surface area contributed by atoms with E-state index < -0.39 is 0 Å². The standard InChI is InChI=1S/C12H11Br2FN2S/c1-6-2-3-7(4-9(6)15)11(17-16)10-5-8(13)12(14)18-10/h2-5,11,17H,16H2,1H3. The Morgan fingerprint density at radius 1 is 1.33 bits per heavy atom. The van der Waals surface area contributed by atoms with Gasteiger partial charge in [0.15, 0.2) is 0 Å². The fourth-order valence-corrected chi connectivity index (χ4v) is 3.82. The zero-order valence-electron chi connectivity index (χ0n) is 9.51. The first-order valence-electron chi connectivity index (χ1n) is 5.20. The molecule has 1 aromatic carbocycles. The molecule has 2 rings (SSSR count). The second kappa shape index (κ2) is 5.79. The van der Waals surface area contributed by atoms with E-state index in [9.17, 15) is 4.39 Å². The van der Waals surface area contributed by atoms with Crippen LogP contribution in [0.5, 0.6) is 0 Å². The predicted molar refractivity (Wildman–Crippen MR) is 80.0 cm³/mol. The van der Waals surface area contributed by atoms with Crippen LogP contribution in [0.3, 0.4) is 0 Å². The molecule has 0 spiro atoms. The number of hydrogen-bond acceptors (Lipinski definition) is 3. The molecular formula is C12H11Br2FN2S. The van der Waals surface area contributed by atoms with Crippen molar-refractivity contribution in [1.29, 1.82) is 0 Å². The first-order chi connectivity index (χ1) is 8.52. The second-order valence-corrected chi connectivity index (χ2v) is 7.13. The van der Waals surface area contributed by atoms with Crippen molar-refractivity contribution < 1.29 is 4.39 Å². The number of nitrogens with two attached hydrogens (primary N) is 1. The molecule has 1 heterocycles. The molecule has 0 amide bonds. The van der Waals surface area contributed by atoms with Crippen LogP contribution in [-0.4, -0.2) is 0 Å². The van der Waals surface area contributed by atoms with Gasteiger partial charge in [0.1, 0.15) is 5.82 Å². The van der Waals surface area contributed by atoms with Gasteiger partial charge in [-0.05, 0) is 62.0 Å². The van der Waals surface area contributed by atoms with E-state index in [1.54, 1.807) is 24.3 Å². The lowest BCUT2D eigenvalue weighted by atomic mass is 10.0. The molecule has 6 heteroatoms. The molecular weight excluding hydrogens is 383 g/mol. The maximum absolute atomic E-state index is 13.6. The number of aryl methyl sites for hydroxylation is 1. The molecule has 0 aliphatic carbocycles. The molecule has 1 unspecified atom stereocenters. The van der Waals surface area contributed by atoms with Gasteiger partial charge in [0, 0.05) is 9.35 Å². The van der Waals surface area contributed by atoms with Crippen LogP contribution in [0.25, 0.3) is 0 Å². The molecule has 1 aromatic heterocycles. The summed E-state index contributed by atoms with van der Waals surface area (Å²) in [7, 11) is 0. The van der Waals surface area contributed by atoms with Gasteiger partial charge in [-0.2, -0.15) is 0 Å². The van der Waals surface area contributed by atoms with E-state index in [0.717, 1.165) is 18.7 Å². The van der Waals surface area contributed by atoms with Crippen molar-refractivity contribution in [3.05, 3.63) is 54.3 Å². The average molecular weight is 394 g/mol. The Hall–Kier alpha value is -0.270. The van der Waals surface area contributed by atoms with Gasteiger partial charge >= 0.3 is 0 Å². The minimum absolute atomic E-state index is 0.215. The van der Waals surface area contributed by atoms with Crippen molar-refractivity contribution in [1.82, 2.24) is 5.43 Å². The highest BCUT2D eigenvalue weighted by molar-refractivity contribution is 9.13. The molecule has 2 nitrogen and oxygen atoms in total. The normalized spacial score (nSPS) is 12.7. The summed E-state index contributed by atoms with van der Waals surface area (Å²) < 4.78 is 15.6. The minimum Gasteiger partial charge on any atom is -0.271 e. The zero-order chi connectivity index (χ0) is 13.3. The zero-order valence-corrected chi connectivity index (χ0v) is 13.5. The number of halogens is 3. The molecule has 18 heavy (non-hydrogen) atoms. The molecule has 0 saturated carbocycles. The maximum atomic E-state index is 13.6. The first kappa shape index (κ1) is 14.1.